The lowest BCUT2D eigenvalue weighted by Crippen LogP contribution is -2.21. The van der Waals surface area contributed by atoms with Gasteiger partial charge in [-0.25, -0.2) is 0 Å². The second kappa shape index (κ2) is 9.59. The number of ether oxygens (including phenoxy) is 2. The van der Waals surface area contributed by atoms with Gasteiger partial charge in [-0.05, 0) is 50.2 Å². The molecular formula is C21H20ClN3O5. The molecule has 2 N–H and O–H groups in total. The maximum Gasteiger partial charge on any atom is 0.258 e. The molecule has 3 aromatic rings. The number of nitriles is 1. The Morgan fingerprint density at radius 2 is 1.90 bits per heavy atom. The number of aromatic nitrogens is 2. The van der Waals surface area contributed by atoms with Gasteiger partial charge < -0.3 is 24.2 Å². The first-order valence-corrected chi connectivity index (χ1v) is 9.55. The van der Waals surface area contributed by atoms with Crippen molar-refractivity contribution in [3.05, 3.63) is 47.0 Å². The molecule has 0 fully saturated rings. The predicted molar refractivity (Wildman–Crippen MR) is 109 cm³/mol. The maximum atomic E-state index is 9.38. The van der Waals surface area contributed by atoms with Crippen molar-refractivity contribution in [2.45, 2.75) is 26.1 Å². The Morgan fingerprint density at radius 3 is 2.57 bits per heavy atom. The summed E-state index contributed by atoms with van der Waals surface area (Å²) < 4.78 is 16.3. The maximum absolute atomic E-state index is 9.38. The Labute approximate surface area is 178 Å². The van der Waals surface area contributed by atoms with Crippen molar-refractivity contribution in [3.63, 3.8) is 0 Å². The molecule has 0 saturated carbocycles. The second-order valence-electron chi connectivity index (χ2n) is 6.71. The van der Waals surface area contributed by atoms with Crippen LogP contribution in [0.25, 0.3) is 22.8 Å². The third kappa shape index (κ3) is 5.07. The van der Waals surface area contributed by atoms with Crippen LogP contribution in [0.3, 0.4) is 0 Å². The molecule has 1 aromatic heterocycles. The van der Waals surface area contributed by atoms with Crippen LogP contribution in [-0.2, 0) is 0 Å². The summed E-state index contributed by atoms with van der Waals surface area (Å²) in [6.45, 7) is 3.28. The van der Waals surface area contributed by atoms with Crippen molar-refractivity contribution in [3.8, 4) is 40.4 Å². The number of benzene rings is 2. The van der Waals surface area contributed by atoms with Gasteiger partial charge in [-0.15, -0.1) is 0 Å². The highest BCUT2D eigenvalue weighted by Crippen LogP contribution is 2.31. The topological polar surface area (TPSA) is 122 Å². The van der Waals surface area contributed by atoms with Gasteiger partial charge in [0.15, 0.2) is 0 Å². The molecule has 0 radical (unpaired) electrons. The fourth-order valence-electron chi connectivity index (χ4n) is 2.56. The van der Waals surface area contributed by atoms with E-state index in [0.717, 1.165) is 0 Å². The van der Waals surface area contributed by atoms with Gasteiger partial charge in [-0.1, -0.05) is 16.8 Å². The minimum Gasteiger partial charge on any atom is -0.490 e. The Morgan fingerprint density at radius 1 is 1.17 bits per heavy atom. The summed E-state index contributed by atoms with van der Waals surface area (Å²) in [6.07, 6.45) is -1.04. The summed E-state index contributed by atoms with van der Waals surface area (Å²) in [6, 6.07) is 12.1. The Hall–Kier alpha value is -3.12. The SMILES string of the molecule is CC(C)Oc1ccc(-c2nc(-c3ccc(OCC(O)CO)c(Cl)c3)no2)cc1C#N. The lowest BCUT2D eigenvalue weighted by molar-refractivity contribution is 0.0536. The first-order valence-electron chi connectivity index (χ1n) is 9.17. The van der Waals surface area contributed by atoms with E-state index in [1.54, 1.807) is 36.4 Å². The van der Waals surface area contributed by atoms with Crippen LogP contribution < -0.4 is 9.47 Å². The average Bonchev–Trinajstić information content (AvgIpc) is 3.22. The zero-order valence-electron chi connectivity index (χ0n) is 16.4. The van der Waals surface area contributed by atoms with Crippen LogP contribution in [0.5, 0.6) is 11.5 Å². The molecule has 0 aliphatic rings. The third-order valence-electron chi connectivity index (χ3n) is 3.97. The molecule has 156 valence electrons. The van der Waals surface area contributed by atoms with Crippen LogP contribution in [0.15, 0.2) is 40.9 Å². The van der Waals surface area contributed by atoms with E-state index in [4.69, 9.17) is 30.7 Å². The number of nitrogens with zero attached hydrogens (tertiary/aromatic N) is 3. The van der Waals surface area contributed by atoms with Crippen LogP contribution in [0.1, 0.15) is 19.4 Å². The summed E-state index contributed by atoms with van der Waals surface area (Å²) in [5.41, 5.74) is 1.56. The van der Waals surface area contributed by atoms with Crippen LogP contribution in [-0.4, -0.2) is 45.8 Å². The first-order chi connectivity index (χ1) is 14.4. The second-order valence-corrected chi connectivity index (χ2v) is 7.11. The van der Waals surface area contributed by atoms with E-state index >= 15 is 0 Å². The van der Waals surface area contributed by atoms with E-state index in [1.165, 1.54) is 0 Å². The van der Waals surface area contributed by atoms with E-state index in [9.17, 15) is 10.4 Å². The van der Waals surface area contributed by atoms with Gasteiger partial charge in [0.1, 0.15) is 30.3 Å². The highest BCUT2D eigenvalue weighted by atomic mass is 35.5. The van der Waals surface area contributed by atoms with E-state index < -0.39 is 12.7 Å². The van der Waals surface area contributed by atoms with Crippen molar-refractivity contribution in [1.82, 2.24) is 10.1 Å². The van der Waals surface area contributed by atoms with Crippen LogP contribution in [0.4, 0.5) is 0 Å². The number of halogens is 1. The van der Waals surface area contributed by atoms with E-state index in [1.807, 2.05) is 13.8 Å². The van der Waals surface area contributed by atoms with Gasteiger partial charge in [0, 0.05) is 11.1 Å². The lowest BCUT2D eigenvalue weighted by atomic mass is 10.1. The summed E-state index contributed by atoms with van der Waals surface area (Å²) in [5, 5.41) is 31.9. The highest BCUT2D eigenvalue weighted by Gasteiger charge is 2.15. The molecule has 0 aliphatic carbocycles. The molecule has 2 aromatic carbocycles. The molecule has 1 atom stereocenters. The van der Waals surface area contributed by atoms with E-state index in [-0.39, 0.29) is 18.6 Å². The van der Waals surface area contributed by atoms with Gasteiger partial charge in [0.25, 0.3) is 5.89 Å². The average molecular weight is 430 g/mol. The molecule has 0 amide bonds. The molecule has 8 nitrogen and oxygen atoms in total. The van der Waals surface area contributed by atoms with Gasteiger partial charge in [0.05, 0.1) is 23.3 Å². The number of hydrogen-bond acceptors (Lipinski definition) is 8. The number of aliphatic hydroxyl groups excluding tert-OH is 2. The van der Waals surface area contributed by atoms with Crippen molar-refractivity contribution in [1.29, 1.82) is 5.26 Å². The number of rotatable bonds is 8. The molecule has 9 heteroatoms. The quantitative estimate of drug-likeness (QED) is 0.558. The fourth-order valence-corrected chi connectivity index (χ4v) is 2.80. The van der Waals surface area contributed by atoms with Gasteiger partial charge in [-0.3, -0.25) is 0 Å². The largest absolute Gasteiger partial charge is 0.490 e. The Kier molecular flexibility index (Phi) is 6.90. The Bertz CT molecular complexity index is 1060. The molecule has 1 heterocycles. The molecule has 0 spiro atoms. The third-order valence-corrected chi connectivity index (χ3v) is 4.26. The van der Waals surface area contributed by atoms with Crippen molar-refractivity contribution < 1.29 is 24.2 Å². The summed E-state index contributed by atoms with van der Waals surface area (Å²) >= 11 is 6.22. The summed E-state index contributed by atoms with van der Waals surface area (Å²) in [4.78, 5) is 4.37. The minimum atomic E-state index is -0.990. The minimum absolute atomic E-state index is 0.0541. The van der Waals surface area contributed by atoms with Crippen LogP contribution in [0.2, 0.25) is 5.02 Å². The Balaban J connectivity index is 1.81. The van der Waals surface area contributed by atoms with Crippen molar-refractivity contribution >= 4 is 11.6 Å². The van der Waals surface area contributed by atoms with Crippen molar-refractivity contribution in [2.75, 3.05) is 13.2 Å². The predicted octanol–water partition coefficient (Wildman–Crippen LogP) is 3.45. The molecule has 3 rings (SSSR count). The molecule has 0 saturated heterocycles. The standard InChI is InChI=1S/C21H20ClN3O5/c1-12(2)29-18-5-4-14(7-15(18)9-23)21-24-20(25-30-21)13-3-6-19(17(22)8-13)28-11-16(27)10-26/h3-8,12,16,26-27H,10-11H2,1-2H3. The fraction of sp³-hybridized carbons (Fsp3) is 0.286. The smallest absolute Gasteiger partial charge is 0.258 e. The molecule has 0 aliphatic heterocycles. The number of hydrogen-bond donors (Lipinski definition) is 2. The zero-order valence-corrected chi connectivity index (χ0v) is 17.1. The van der Waals surface area contributed by atoms with Gasteiger partial charge in [0.2, 0.25) is 5.82 Å². The number of aliphatic hydroxyl groups is 2. The van der Waals surface area contributed by atoms with Crippen LogP contribution >= 0.6 is 11.6 Å². The lowest BCUT2D eigenvalue weighted by Gasteiger charge is -2.11. The van der Waals surface area contributed by atoms with Gasteiger partial charge >= 0.3 is 0 Å². The van der Waals surface area contributed by atoms with Gasteiger partial charge in [-0.2, -0.15) is 10.2 Å². The normalized spacial score (nSPS) is 11.9. The molecular weight excluding hydrogens is 410 g/mol. The zero-order chi connectivity index (χ0) is 21.7. The highest BCUT2D eigenvalue weighted by molar-refractivity contribution is 6.32. The van der Waals surface area contributed by atoms with E-state index in [0.29, 0.717) is 39.0 Å². The van der Waals surface area contributed by atoms with E-state index in [2.05, 4.69) is 16.2 Å². The van der Waals surface area contributed by atoms with Crippen molar-refractivity contribution in [2.24, 2.45) is 0 Å². The molecule has 1 unspecified atom stereocenters. The van der Waals surface area contributed by atoms with Crippen LogP contribution in [0, 0.1) is 11.3 Å². The first kappa shape index (κ1) is 21.6. The molecule has 30 heavy (non-hydrogen) atoms. The monoisotopic (exact) mass is 429 g/mol. The molecule has 0 bridgehead atoms. The summed E-state index contributed by atoms with van der Waals surface area (Å²) in [5.74, 6) is 1.41. The summed E-state index contributed by atoms with van der Waals surface area (Å²) in [7, 11) is 0.